The lowest BCUT2D eigenvalue weighted by Crippen LogP contribution is -2.47. The van der Waals surface area contributed by atoms with Crippen LogP contribution >= 0.6 is 0 Å². The van der Waals surface area contributed by atoms with E-state index in [1.54, 1.807) is 0 Å². The van der Waals surface area contributed by atoms with Crippen molar-refractivity contribution in [3.63, 3.8) is 0 Å². The van der Waals surface area contributed by atoms with Gasteiger partial charge in [0, 0.05) is 25.7 Å². The fourth-order valence-corrected chi connectivity index (χ4v) is 3.17. The Labute approximate surface area is 104 Å². The summed E-state index contributed by atoms with van der Waals surface area (Å²) in [5.74, 6) is 1.07. The molecule has 3 heteroatoms. The molecule has 17 heavy (non-hydrogen) atoms. The molecule has 0 aromatic heterocycles. The van der Waals surface area contributed by atoms with E-state index < -0.39 is 0 Å². The topological polar surface area (TPSA) is 30.5 Å². The summed E-state index contributed by atoms with van der Waals surface area (Å²) in [4.78, 5) is 0. The molecule has 3 aliphatic rings. The van der Waals surface area contributed by atoms with Gasteiger partial charge in [0.2, 0.25) is 0 Å². The van der Waals surface area contributed by atoms with Crippen LogP contribution in [0.1, 0.15) is 44.9 Å². The zero-order chi connectivity index (χ0) is 11.6. The van der Waals surface area contributed by atoms with E-state index in [2.05, 4.69) is 5.32 Å². The van der Waals surface area contributed by atoms with Crippen LogP contribution in [0, 0.1) is 5.92 Å². The van der Waals surface area contributed by atoms with Gasteiger partial charge in [0.1, 0.15) is 0 Å². The molecule has 0 aromatic carbocycles. The van der Waals surface area contributed by atoms with Crippen LogP contribution in [-0.4, -0.2) is 38.0 Å². The van der Waals surface area contributed by atoms with E-state index in [9.17, 15) is 0 Å². The number of hydrogen-bond acceptors (Lipinski definition) is 3. The minimum Gasteiger partial charge on any atom is -0.378 e. The Morgan fingerprint density at radius 2 is 2.12 bits per heavy atom. The summed E-state index contributed by atoms with van der Waals surface area (Å²) < 4.78 is 11.4. The zero-order valence-electron chi connectivity index (χ0n) is 10.7. The van der Waals surface area contributed by atoms with Crippen molar-refractivity contribution in [1.82, 2.24) is 5.32 Å². The van der Waals surface area contributed by atoms with Gasteiger partial charge in [0.15, 0.2) is 0 Å². The van der Waals surface area contributed by atoms with Gasteiger partial charge in [-0.15, -0.1) is 0 Å². The molecular formula is C14H25NO2. The predicted molar refractivity (Wildman–Crippen MR) is 67.1 cm³/mol. The quantitative estimate of drug-likeness (QED) is 0.745. The average molecular weight is 239 g/mol. The van der Waals surface area contributed by atoms with Crippen molar-refractivity contribution in [2.24, 2.45) is 5.92 Å². The monoisotopic (exact) mass is 239 g/mol. The zero-order valence-corrected chi connectivity index (χ0v) is 10.7. The van der Waals surface area contributed by atoms with Gasteiger partial charge in [0.05, 0.1) is 12.2 Å². The molecule has 3 nitrogen and oxygen atoms in total. The standard InChI is InChI=1S/C14H25NO2/c1(2-12-3-4-12)7-15-13-5-8-17-14(10-13)6-9-16-11-14/h12-13,15H,1-11H2. The Hall–Kier alpha value is -0.120. The molecular weight excluding hydrogens is 214 g/mol. The largest absolute Gasteiger partial charge is 0.378 e. The fourth-order valence-electron chi connectivity index (χ4n) is 3.17. The van der Waals surface area contributed by atoms with E-state index in [1.807, 2.05) is 0 Å². The summed E-state index contributed by atoms with van der Waals surface area (Å²) in [5, 5.41) is 3.72. The van der Waals surface area contributed by atoms with Crippen LogP contribution in [0.15, 0.2) is 0 Å². The van der Waals surface area contributed by atoms with E-state index in [0.29, 0.717) is 6.04 Å². The lowest BCUT2D eigenvalue weighted by molar-refractivity contribution is -0.0892. The van der Waals surface area contributed by atoms with Gasteiger partial charge >= 0.3 is 0 Å². The second-order valence-electron chi connectivity index (χ2n) is 6.06. The second-order valence-corrected chi connectivity index (χ2v) is 6.06. The molecule has 2 unspecified atom stereocenters. The van der Waals surface area contributed by atoms with Crippen LogP contribution in [0.2, 0.25) is 0 Å². The van der Waals surface area contributed by atoms with E-state index in [-0.39, 0.29) is 5.60 Å². The maximum atomic E-state index is 5.95. The lowest BCUT2D eigenvalue weighted by atomic mass is 9.89. The molecule has 1 N–H and O–H groups in total. The van der Waals surface area contributed by atoms with Crippen molar-refractivity contribution in [1.29, 1.82) is 0 Å². The molecule has 0 bridgehead atoms. The molecule has 0 aromatic rings. The van der Waals surface area contributed by atoms with Gasteiger partial charge in [-0.3, -0.25) is 0 Å². The third-order valence-electron chi connectivity index (χ3n) is 4.48. The number of rotatable bonds is 5. The third-order valence-corrected chi connectivity index (χ3v) is 4.48. The molecule has 0 amide bonds. The van der Waals surface area contributed by atoms with E-state index in [4.69, 9.17) is 9.47 Å². The van der Waals surface area contributed by atoms with Crippen LogP contribution < -0.4 is 5.32 Å². The summed E-state index contributed by atoms with van der Waals surface area (Å²) >= 11 is 0. The van der Waals surface area contributed by atoms with Crippen molar-refractivity contribution < 1.29 is 9.47 Å². The van der Waals surface area contributed by atoms with Gasteiger partial charge in [0.25, 0.3) is 0 Å². The van der Waals surface area contributed by atoms with E-state index >= 15 is 0 Å². The molecule has 1 saturated carbocycles. The minimum atomic E-state index is 0.0619. The number of nitrogens with one attached hydrogen (secondary N) is 1. The lowest BCUT2D eigenvalue weighted by Gasteiger charge is -2.37. The van der Waals surface area contributed by atoms with Gasteiger partial charge in [-0.2, -0.15) is 0 Å². The molecule has 3 rings (SSSR count). The van der Waals surface area contributed by atoms with Crippen LogP contribution in [0.25, 0.3) is 0 Å². The van der Waals surface area contributed by atoms with Crippen molar-refractivity contribution >= 4 is 0 Å². The average Bonchev–Trinajstić information content (AvgIpc) is 3.07. The Bertz CT molecular complexity index is 247. The Balaban J connectivity index is 1.37. The molecule has 3 fully saturated rings. The Morgan fingerprint density at radius 1 is 1.18 bits per heavy atom. The molecule has 1 spiro atoms. The molecule has 2 aliphatic heterocycles. The second kappa shape index (κ2) is 5.25. The highest BCUT2D eigenvalue weighted by molar-refractivity contribution is 4.92. The number of ether oxygens (including phenoxy) is 2. The number of hydrogen-bond donors (Lipinski definition) is 1. The van der Waals surface area contributed by atoms with Crippen LogP contribution in [-0.2, 0) is 9.47 Å². The maximum Gasteiger partial charge on any atom is 0.0951 e. The SMILES string of the molecule is C(CNC1CCOC2(CCOC2)C1)CC1CC1. The summed E-state index contributed by atoms with van der Waals surface area (Å²) in [6.45, 7) is 3.80. The van der Waals surface area contributed by atoms with E-state index in [0.717, 1.165) is 38.6 Å². The first kappa shape index (κ1) is 11.9. The molecule has 98 valence electrons. The van der Waals surface area contributed by atoms with Gasteiger partial charge < -0.3 is 14.8 Å². The summed E-state index contributed by atoms with van der Waals surface area (Å²) in [6.07, 6.45) is 9.17. The molecule has 1 aliphatic carbocycles. The van der Waals surface area contributed by atoms with Crippen molar-refractivity contribution in [2.45, 2.75) is 56.6 Å². The predicted octanol–water partition coefficient (Wildman–Crippen LogP) is 2.10. The van der Waals surface area contributed by atoms with Crippen molar-refractivity contribution in [2.75, 3.05) is 26.4 Å². The fraction of sp³-hybridized carbons (Fsp3) is 1.00. The maximum absolute atomic E-state index is 5.95. The van der Waals surface area contributed by atoms with E-state index in [1.165, 1.54) is 38.6 Å². The minimum absolute atomic E-state index is 0.0619. The van der Waals surface area contributed by atoms with Crippen LogP contribution in [0.3, 0.4) is 0 Å². The summed E-state index contributed by atoms with van der Waals surface area (Å²) in [7, 11) is 0. The van der Waals surface area contributed by atoms with Gasteiger partial charge in [-0.1, -0.05) is 12.8 Å². The highest BCUT2D eigenvalue weighted by Gasteiger charge is 2.40. The molecule has 2 atom stereocenters. The van der Waals surface area contributed by atoms with Crippen LogP contribution in [0.5, 0.6) is 0 Å². The summed E-state index contributed by atoms with van der Waals surface area (Å²) in [6, 6.07) is 0.657. The van der Waals surface area contributed by atoms with Crippen molar-refractivity contribution in [3.05, 3.63) is 0 Å². The highest BCUT2D eigenvalue weighted by atomic mass is 16.6. The first-order valence-corrected chi connectivity index (χ1v) is 7.31. The van der Waals surface area contributed by atoms with Crippen molar-refractivity contribution in [3.8, 4) is 0 Å². The van der Waals surface area contributed by atoms with Gasteiger partial charge in [-0.05, 0) is 38.1 Å². The molecule has 2 saturated heterocycles. The Kier molecular flexibility index (Phi) is 3.69. The summed E-state index contributed by atoms with van der Waals surface area (Å²) in [5.41, 5.74) is 0.0619. The molecule has 2 heterocycles. The Morgan fingerprint density at radius 3 is 2.88 bits per heavy atom. The van der Waals surface area contributed by atoms with Crippen LogP contribution in [0.4, 0.5) is 0 Å². The molecule has 0 radical (unpaired) electrons. The first-order valence-electron chi connectivity index (χ1n) is 7.31. The normalized spacial score (nSPS) is 37.8. The smallest absolute Gasteiger partial charge is 0.0951 e. The highest BCUT2D eigenvalue weighted by Crippen LogP contribution is 2.34. The third kappa shape index (κ3) is 3.21. The van der Waals surface area contributed by atoms with Gasteiger partial charge in [-0.25, -0.2) is 0 Å². The first-order chi connectivity index (χ1) is 8.36.